The van der Waals surface area contributed by atoms with Crippen molar-refractivity contribution < 1.29 is 24.5 Å². The summed E-state index contributed by atoms with van der Waals surface area (Å²) in [5.74, 6) is -0.0564. The standard InChI is InChI=1S/C78H147NO5/c1-3-5-7-9-11-13-15-17-19-21-23-35-38-42-46-50-54-58-62-66-70-76(81)75(74-80)79-77(82)71-67-63-59-55-51-47-43-39-36-33-31-29-27-25-24-26-28-30-32-34-37-41-45-49-53-57-61-65-69-73-84-78(83)72-68-64-60-56-52-48-44-40-22-20-18-16-14-12-10-8-6-4-2/h20,22,24,26,30,32,66,70,75-76,80-81H,3-19,21,23,25,27-29,31,33-65,67-69,71-74H2,1-2H3,(H,79,82)/b22-20-,26-24-,32-30-,70-66+. The number of esters is 1. The van der Waals surface area contributed by atoms with E-state index >= 15 is 0 Å². The topological polar surface area (TPSA) is 95.9 Å². The molecule has 6 nitrogen and oxygen atoms in total. The fourth-order valence-corrected chi connectivity index (χ4v) is 11.8. The number of amides is 1. The largest absolute Gasteiger partial charge is 0.466 e. The molecule has 494 valence electrons. The first kappa shape index (κ1) is 81.8. The molecule has 0 aromatic rings. The lowest BCUT2D eigenvalue weighted by Gasteiger charge is -2.20. The van der Waals surface area contributed by atoms with Gasteiger partial charge < -0.3 is 20.3 Å². The average Bonchev–Trinajstić information content (AvgIpc) is 3.51. The van der Waals surface area contributed by atoms with Gasteiger partial charge in [0, 0.05) is 12.8 Å². The number of hydrogen-bond donors (Lipinski definition) is 3. The van der Waals surface area contributed by atoms with Gasteiger partial charge in [0.05, 0.1) is 25.4 Å². The Kier molecular flexibility index (Phi) is 71.4. The Labute approximate surface area is 525 Å². The van der Waals surface area contributed by atoms with Crippen LogP contribution in [0, 0.1) is 0 Å². The van der Waals surface area contributed by atoms with Crippen molar-refractivity contribution in [1.29, 1.82) is 0 Å². The first-order valence-corrected chi connectivity index (χ1v) is 37.9. The minimum Gasteiger partial charge on any atom is -0.466 e. The summed E-state index contributed by atoms with van der Waals surface area (Å²) in [7, 11) is 0. The number of allylic oxidation sites excluding steroid dienone is 7. The maximum atomic E-state index is 12.5. The Morgan fingerprint density at radius 2 is 0.595 bits per heavy atom. The predicted octanol–water partition coefficient (Wildman–Crippen LogP) is 24.8. The van der Waals surface area contributed by atoms with Crippen molar-refractivity contribution >= 4 is 11.9 Å². The molecule has 0 saturated heterocycles. The maximum Gasteiger partial charge on any atom is 0.305 e. The molecule has 3 N–H and O–H groups in total. The van der Waals surface area contributed by atoms with E-state index in [0.29, 0.717) is 19.4 Å². The third-order valence-corrected chi connectivity index (χ3v) is 17.6. The van der Waals surface area contributed by atoms with Gasteiger partial charge in [0.2, 0.25) is 5.91 Å². The van der Waals surface area contributed by atoms with Crippen molar-refractivity contribution in [2.24, 2.45) is 0 Å². The van der Waals surface area contributed by atoms with Gasteiger partial charge in [-0.15, -0.1) is 0 Å². The van der Waals surface area contributed by atoms with Gasteiger partial charge in [0.25, 0.3) is 0 Å². The maximum absolute atomic E-state index is 12.5. The molecule has 0 aromatic heterocycles. The molecule has 0 aliphatic carbocycles. The highest BCUT2D eigenvalue weighted by Crippen LogP contribution is 2.19. The first-order chi connectivity index (χ1) is 41.5. The van der Waals surface area contributed by atoms with Crippen LogP contribution in [0.3, 0.4) is 0 Å². The van der Waals surface area contributed by atoms with Crippen LogP contribution in [-0.2, 0) is 14.3 Å². The van der Waals surface area contributed by atoms with Crippen LogP contribution in [0.4, 0.5) is 0 Å². The number of aliphatic hydroxyl groups excluding tert-OH is 2. The number of ether oxygens (including phenoxy) is 1. The molecule has 0 aliphatic rings. The van der Waals surface area contributed by atoms with Crippen molar-refractivity contribution in [1.82, 2.24) is 5.32 Å². The molecule has 0 bridgehead atoms. The fraction of sp³-hybridized carbons (Fsp3) is 0.872. The van der Waals surface area contributed by atoms with Gasteiger partial charge in [-0.05, 0) is 89.9 Å². The predicted molar refractivity (Wildman–Crippen MR) is 370 cm³/mol. The molecule has 6 heteroatoms. The molecule has 0 saturated carbocycles. The second kappa shape index (κ2) is 73.3. The number of carbonyl (C=O) groups is 2. The molecule has 0 rings (SSSR count). The van der Waals surface area contributed by atoms with E-state index in [9.17, 15) is 19.8 Å². The fourth-order valence-electron chi connectivity index (χ4n) is 11.8. The van der Waals surface area contributed by atoms with Gasteiger partial charge in [-0.2, -0.15) is 0 Å². The monoisotopic (exact) mass is 1180 g/mol. The Morgan fingerprint density at radius 3 is 0.917 bits per heavy atom. The summed E-state index contributed by atoms with van der Waals surface area (Å²) in [5.41, 5.74) is 0. The van der Waals surface area contributed by atoms with Crippen LogP contribution < -0.4 is 5.32 Å². The van der Waals surface area contributed by atoms with Crippen molar-refractivity contribution in [3.63, 3.8) is 0 Å². The molecular weight excluding hydrogens is 1030 g/mol. The smallest absolute Gasteiger partial charge is 0.305 e. The van der Waals surface area contributed by atoms with Crippen LogP contribution >= 0.6 is 0 Å². The summed E-state index contributed by atoms with van der Waals surface area (Å²) in [6, 6.07) is -0.630. The Bertz CT molecular complexity index is 1400. The van der Waals surface area contributed by atoms with Gasteiger partial charge in [0.1, 0.15) is 0 Å². The molecule has 2 unspecified atom stereocenters. The molecule has 2 atom stereocenters. The molecular formula is C78H147NO5. The summed E-state index contributed by atoms with van der Waals surface area (Å²) in [6.45, 7) is 4.93. The van der Waals surface area contributed by atoms with Crippen molar-refractivity contribution in [3.05, 3.63) is 48.6 Å². The summed E-state index contributed by atoms with van der Waals surface area (Å²) < 4.78 is 5.50. The molecule has 1 amide bonds. The summed E-state index contributed by atoms with van der Waals surface area (Å²) >= 11 is 0. The van der Waals surface area contributed by atoms with Crippen LogP contribution in [0.2, 0.25) is 0 Å². The van der Waals surface area contributed by atoms with E-state index in [0.717, 1.165) is 51.4 Å². The quantitative estimate of drug-likeness (QED) is 0.0320. The zero-order valence-electron chi connectivity index (χ0n) is 56.6. The van der Waals surface area contributed by atoms with Crippen molar-refractivity contribution in [3.8, 4) is 0 Å². The lowest BCUT2D eigenvalue weighted by Crippen LogP contribution is -2.45. The normalized spacial score (nSPS) is 12.8. The van der Waals surface area contributed by atoms with E-state index in [4.69, 9.17) is 4.74 Å². The number of rotatable bonds is 71. The molecule has 0 heterocycles. The van der Waals surface area contributed by atoms with Gasteiger partial charge in [-0.3, -0.25) is 9.59 Å². The SMILES string of the molecule is CCCCCCCCC/C=C\CCCCCCCCCC(=O)OCCCCCCCCCCC/C=C\C/C=C\CCCCCCCCCCCCCCCC(=O)NC(CO)C(O)/C=C/CCCCCCCCCCCCCCCCCCCC. The van der Waals surface area contributed by atoms with Crippen LogP contribution in [-0.4, -0.2) is 47.4 Å². The zero-order chi connectivity index (χ0) is 60.6. The highest BCUT2D eigenvalue weighted by molar-refractivity contribution is 5.76. The number of nitrogens with one attached hydrogen (secondary N) is 1. The van der Waals surface area contributed by atoms with Gasteiger partial charge in [-0.1, -0.05) is 358 Å². The van der Waals surface area contributed by atoms with Crippen molar-refractivity contribution in [2.45, 2.75) is 424 Å². The van der Waals surface area contributed by atoms with Crippen LogP contribution in [0.15, 0.2) is 48.6 Å². The minimum absolute atomic E-state index is 0.00921. The number of unbranched alkanes of at least 4 members (excludes halogenated alkanes) is 54. The first-order valence-electron chi connectivity index (χ1n) is 37.9. The number of aliphatic hydroxyl groups is 2. The van der Waals surface area contributed by atoms with E-state index in [2.05, 4.69) is 55.6 Å². The van der Waals surface area contributed by atoms with Gasteiger partial charge in [-0.25, -0.2) is 0 Å². The highest BCUT2D eigenvalue weighted by atomic mass is 16.5. The highest BCUT2D eigenvalue weighted by Gasteiger charge is 2.18. The van der Waals surface area contributed by atoms with E-state index in [-0.39, 0.29) is 18.5 Å². The second-order valence-electron chi connectivity index (χ2n) is 26.0. The lowest BCUT2D eigenvalue weighted by molar-refractivity contribution is -0.143. The summed E-state index contributed by atoms with van der Waals surface area (Å²) in [6.07, 6.45) is 96.4. The zero-order valence-corrected chi connectivity index (χ0v) is 56.6. The van der Waals surface area contributed by atoms with Crippen LogP contribution in [0.1, 0.15) is 412 Å². The van der Waals surface area contributed by atoms with E-state index in [1.807, 2.05) is 6.08 Å². The van der Waals surface area contributed by atoms with Crippen molar-refractivity contribution in [2.75, 3.05) is 13.2 Å². The van der Waals surface area contributed by atoms with Gasteiger partial charge >= 0.3 is 5.97 Å². The number of carbonyl (C=O) groups excluding carboxylic acids is 2. The van der Waals surface area contributed by atoms with Crippen LogP contribution in [0.25, 0.3) is 0 Å². The third kappa shape index (κ3) is 68.9. The molecule has 0 aliphatic heterocycles. The Morgan fingerprint density at radius 1 is 0.333 bits per heavy atom. The molecule has 0 radical (unpaired) electrons. The Hall–Kier alpha value is -2.18. The second-order valence-corrected chi connectivity index (χ2v) is 26.0. The number of hydrogen-bond acceptors (Lipinski definition) is 5. The lowest BCUT2D eigenvalue weighted by atomic mass is 10.0. The van der Waals surface area contributed by atoms with E-state index in [1.165, 1.54) is 334 Å². The third-order valence-electron chi connectivity index (χ3n) is 17.6. The average molecular weight is 1180 g/mol. The minimum atomic E-state index is -0.847. The Balaban J connectivity index is 3.42. The molecule has 0 fully saturated rings. The van der Waals surface area contributed by atoms with E-state index < -0.39 is 12.1 Å². The summed E-state index contributed by atoms with van der Waals surface area (Å²) in [4.78, 5) is 24.6. The van der Waals surface area contributed by atoms with Gasteiger partial charge in [0.15, 0.2) is 0 Å². The molecule has 0 spiro atoms. The van der Waals surface area contributed by atoms with E-state index in [1.54, 1.807) is 6.08 Å². The molecule has 84 heavy (non-hydrogen) atoms. The van der Waals surface area contributed by atoms with Crippen LogP contribution in [0.5, 0.6) is 0 Å². The summed E-state index contributed by atoms with van der Waals surface area (Å²) in [5, 5.41) is 23.3. The molecule has 0 aromatic carbocycles.